The zero-order chi connectivity index (χ0) is 8.27. The highest BCUT2D eigenvalue weighted by molar-refractivity contribution is 7.12. The lowest BCUT2D eigenvalue weighted by Crippen LogP contribution is -1.96. The number of Topliss-reactive ketones (excluding diaryl/α,β-unsaturated/α-hetero) is 1. The van der Waals surface area contributed by atoms with Crippen LogP contribution in [0, 0.1) is 0 Å². The summed E-state index contributed by atoms with van der Waals surface area (Å²) < 4.78 is 4.84. The SMILES string of the molecule is COc1cc(C(=O)C=O)cs1. The van der Waals surface area contributed by atoms with Crippen molar-refractivity contribution >= 4 is 23.4 Å². The molecule has 0 fully saturated rings. The molecular formula is C7H6O3S. The Morgan fingerprint density at radius 2 is 2.45 bits per heavy atom. The minimum Gasteiger partial charge on any atom is -0.487 e. The van der Waals surface area contributed by atoms with Crippen molar-refractivity contribution in [1.82, 2.24) is 0 Å². The predicted octanol–water partition coefficient (Wildman–Crippen LogP) is 1.14. The van der Waals surface area contributed by atoms with Crippen molar-refractivity contribution in [3.63, 3.8) is 0 Å². The first-order valence-electron chi connectivity index (χ1n) is 2.90. The van der Waals surface area contributed by atoms with Gasteiger partial charge < -0.3 is 4.74 Å². The number of hydrogen-bond acceptors (Lipinski definition) is 4. The van der Waals surface area contributed by atoms with E-state index in [1.165, 1.54) is 18.4 Å². The summed E-state index contributed by atoms with van der Waals surface area (Å²) in [5, 5.41) is 2.23. The highest BCUT2D eigenvalue weighted by Crippen LogP contribution is 2.22. The highest BCUT2D eigenvalue weighted by atomic mass is 32.1. The molecule has 0 spiro atoms. The number of thiophene rings is 1. The fourth-order valence-electron chi connectivity index (χ4n) is 0.621. The third-order valence-corrected chi connectivity index (χ3v) is 2.06. The third-order valence-electron chi connectivity index (χ3n) is 1.17. The molecule has 1 aromatic rings. The van der Waals surface area contributed by atoms with E-state index < -0.39 is 5.78 Å². The maximum absolute atomic E-state index is 10.7. The monoisotopic (exact) mass is 170 g/mol. The normalized spacial score (nSPS) is 9.18. The molecule has 0 aliphatic heterocycles. The largest absolute Gasteiger partial charge is 0.487 e. The fraction of sp³-hybridized carbons (Fsp3) is 0.143. The fourth-order valence-corrected chi connectivity index (χ4v) is 1.34. The summed E-state index contributed by atoms with van der Waals surface area (Å²) in [5.41, 5.74) is 0.391. The first-order chi connectivity index (χ1) is 5.27. The summed E-state index contributed by atoms with van der Waals surface area (Å²) in [7, 11) is 1.51. The Morgan fingerprint density at radius 1 is 1.73 bits per heavy atom. The molecule has 0 bridgehead atoms. The van der Waals surface area contributed by atoms with E-state index in [1.807, 2.05) is 0 Å². The van der Waals surface area contributed by atoms with Crippen molar-refractivity contribution in [2.75, 3.05) is 7.11 Å². The van der Waals surface area contributed by atoms with Gasteiger partial charge in [0.2, 0.25) is 5.78 Å². The molecule has 0 amide bonds. The van der Waals surface area contributed by atoms with Crippen LogP contribution in [0.15, 0.2) is 11.4 Å². The minimum absolute atomic E-state index is 0.293. The van der Waals surface area contributed by atoms with Crippen LogP contribution < -0.4 is 4.74 Å². The average molecular weight is 170 g/mol. The van der Waals surface area contributed by atoms with E-state index in [4.69, 9.17) is 4.74 Å². The van der Waals surface area contributed by atoms with Crippen LogP contribution in [-0.4, -0.2) is 19.2 Å². The van der Waals surface area contributed by atoms with Gasteiger partial charge in [0, 0.05) is 17.0 Å². The van der Waals surface area contributed by atoms with Gasteiger partial charge >= 0.3 is 0 Å². The van der Waals surface area contributed by atoms with Crippen LogP contribution in [0.5, 0.6) is 5.06 Å². The van der Waals surface area contributed by atoms with E-state index >= 15 is 0 Å². The highest BCUT2D eigenvalue weighted by Gasteiger charge is 2.06. The molecule has 58 valence electrons. The average Bonchev–Trinajstić information content (AvgIpc) is 2.50. The van der Waals surface area contributed by atoms with E-state index in [0.29, 0.717) is 16.9 Å². The molecule has 11 heavy (non-hydrogen) atoms. The topological polar surface area (TPSA) is 43.4 Å². The number of rotatable bonds is 3. The van der Waals surface area contributed by atoms with Crippen LogP contribution in [0.2, 0.25) is 0 Å². The van der Waals surface area contributed by atoms with Crippen LogP contribution >= 0.6 is 11.3 Å². The van der Waals surface area contributed by atoms with E-state index in [0.717, 1.165) is 0 Å². The number of hydrogen-bond donors (Lipinski definition) is 0. The van der Waals surface area contributed by atoms with E-state index in [1.54, 1.807) is 11.4 Å². The van der Waals surface area contributed by atoms with Crippen molar-refractivity contribution in [3.8, 4) is 5.06 Å². The second-order valence-corrected chi connectivity index (χ2v) is 2.71. The number of methoxy groups -OCH3 is 1. The Balaban J connectivity index is 2.88. The molecule has 0 aromatic carbocycles. The van der Waals surface area contributed by atoms with Gasteiger partial charge in [-0.2, -0.15) is 0 Å². The Bertz CT molecular complexity index is 277. The molecular weight excluding hydrogens is 164 g/mol. The number of aldehydes is 1. The minimum atomic E-state index is -0.510. The van der Waals surface area contributed by atoms with Crippen LogP contribution in [0.3, 0.4) is 0 Å². The Labute approximate surface area is 67.6 Å². The van der Waals surface area contributed by atoms with Gasteiger partial charge in [-0.25, -0.2) is 0 Å². The lowest BCUT2D eigenvalue weighted by atomic mass is 10.2. The molecule has 0 radical (unpaired) electrons. The maximum Gasteiger partial charge on any atom is 0.226 e. The Morgan fingerprint density at radius 3 is 2.91 bits per heavy atom. The molecule has 0 unspecified atom stereocenters. The van der Waals surface area contributed by atoms with Crippen molar-refractivity contribution < 1.29 is 14.3 Å². The van der Waals surface area contributed by atoms with Crippen molar-refractivity contribution in [2.24, 2.45) is 0 Å². The van der Waals surface area contributed by atoms with Crippen LogP contribution in [0.1, 0.15) is 10.4 Å². The van der Waals surface area contributed by atoms with Gasteiger partial charge in [-0.1, -0.05) is 0 Å². The number of carbonyl (C=O) groups is 2. The smallest absolute Gasteiger partial charge is 0.226 e. The summed E-state index contributed by atoms with van der Waals surface area (Å²) in [6.07, 6.45) is 0.293. The lowest BCUT2D eigenvalue weighted by molar-refractivity contribution is -0.104. The number of ether oxygens (including phenoxy) is 1. The molecule has 0 saturated carbocycles. The summed E-state index contributed by atoms with van der Waals surface area (Å²) in [6.45, 7) is 0. The summed E-state index contributed by atoms with van der Waals surface area (Å²) in [6, 6.07) is 1.54. The van der Waals surface area contributed by atoms with Gasteiger partial charge in [0.25, 0.3) is 0 Å². The molecule has 1 heterocycles. The molecule has 0 aliphatic carbocycles. The molecule has 0 N–H and O–H groups in total. The van der Waals surface area contributed by atoms with Crippen molar-refractivity contribution in [2.45, 2.75) is 0 Å². The zero-order valence-electron chi connectivity index (χ0n) is 5.87. The van der Waals surface area contributed by atoms with E-state index in [-0.39, 0.29) is 0 Å². The lowest BCUT2D eigenvalue weighted by Gasteiger charge is -1.87. The summed E-state index contributed by atoms with van der Waals surface area (Å²) in [5.74, 6) is -0.510. The van der Waals surface area contributed by atoms with E-state index in [9.17, 15) is 9.59 Å². The summed E-state index contributed by atoms with van der Waals surface area (Å²) >= 11 is 1.29. The van der Waals surface area contributed by atoms with Gasteiger partial charge in [-0.15, -0.1) is 11.3 Å². The number of ketones is 1. The summed E-state index contributed by atoms with van der Waals surface area (Å²) in [4.78, 5) is 20.7. The second kappa shape index (κ2) is 3.30. The van der Waals surface area contributed by atoms with Crippen LogP contribution in [-0.2, 0) is 4.79 Å². The van der Waals surface area contributed by atoms with Crippen LogP contribution in [0.4, 0.5) is 0 Å². The third kappa shape index (κ3) is 1.65. The molecule has 1 rings (SSSR count). The standard InChI is InChI=1S/C7H6O3S/c1-10-7-2-5(4-11-7)6(9)3-8/h2-4H,1H3. The Kier molecular flexibility index (Phi) is 2.38. The van der Waals surface area contributed by atoms with Gasteiger partial charge in [-0.05, 0) is 0 Å². The maximum atomic E-state index is 10.7. The first kappa shape index (κ1) is 7.94. The molecule has 3 nitrogen and oxygen atoms in total. The van der Waals surface area contributed by atoms with E-state index in [2.05, 4.69) is 0 Å². The molecule has 0 atom stereocenters. The quantitative estimate of drug-likeness (QED) is 0.388. The van der Waals surface area contributed by atoms with Crippen molar-refractivity contribution in [3.05, 3.63) is 17.0 Å². The van der Waals surface area contributed by atoms with Gasteiger partial charge in [0.05, 0.1) is 7.11 Å². The zero-order valence-corrected chi connectivity index (χ0v) is 6.68. The molecule has 1 aromatic heterocycles. The molecule has 4 heteroatoms. The Hall–Kier alpha value is -1.16. The molecule has 0 aliphatic rings. The van der Waals surface area contributed by atoms with Gasteiger partial charge in [0.15, 0.2) is 11.3 Å². The van der Waals surface area contributed by atoms with Gasteiger partial charge in [-0.3, -0.25) is 9.59 Å². The van der Waals surface area contributed by atoms with Gasteiger partial charge in [0.1, 0.15) is 0 Å². The van der Waals surface area contributed by atoms with Crippen LogP contribution in [0.25, 0.3) is 0 Å². The van der Waals surface area contributed by atoms with Crippen molar-refractivity contribution in [1.29, 1.82) is 0 Å². The number of carbonyl (C=O) groups excluding carboxylic acids is 2. The molecule has 0 saturated heterocycles. The predicted molar refractivity (Wildman–Crippen MR) is 41.3 cm³/mol. The first-order valence-corrected chi connectivity index (χ1v) is 3.78. The second-order valence-electron chi connectivity index (χ2n) is 1.84.